The van der Waals surface area contributed by atoms with Gasteiger partial charge in [-0.1, -0.05) is 0 Å². The molecule has 0 aromatic heterocycles. The average molecular weight is 145 g/mol. The molecule has 0 bridgehead atoms. The van der Waals surface area contributed by atoms with Crippen molar-refractivity contribution in [3.63, 3.8) is 0 Å². The number of hydrogen-bond donors (Lipinski definition) is 0. The van der Waals surface area contributed by atoms with Crippen molar-refractivity contribution in [3.05, 3.63) is 25.2 Å². The molecule has 0 saturated heterocycles. The van der Waals surface area contributed by atoms with Gasteiger partial charge in [-0.3, -0.25) is 0 Å². The predicted molar refractivity (Wildman–Crippen MR) is 57.5 cm³/mol. The van der Waals surface area contributed by atoms with Crippen LogP contribution in [0, 0.1) is 0 Å². The molecule has 0 aliphatic carbocycles. The summed E-state index contributed by atoms with van der Waals surface area (Å²) in [5.74, 6) is 1.75. The van der Waals surface area contributed by atoms with Crippen molar-refractivity contribution >= 4 is 25.3 Å². The van der Waals surface area contributed by atoms with Gasteiger partial charge >= 0.3 is 69.3 Å². The van der Waals surface area contributed by atoms with Crippen LogP contribution in [-0.2, 0) is 0 Å². The number of rotatable bonds is 4. The molecule has 11 heavy (non-hydrogen) atoms. The van der Waals surface area contributed by atoms with Crippen LogP contribution < -0.4 is 0 Å². The molecule has 0 aliphatic heterocycles. The van der Waals surface area contributed by atoms with Gasteiger partial charge in [-0.15, -0.1) is 0 Å². The van der Waals surface area contributed by atoms with Crippen LogP contribution in [0.1, 0.15) is 0 Å². The Kier molecular flexibility index (Phi) is 5.44. The van der Waals surface area contributed by atoms with E-state index in [4.69, 9.17) is 0 Å². The standard InChI is InChI=1S/C8H13B2N/c1-5-7(10-6-2)8(9-3)11-4/h5-6,9H,1-2H2,3-4H3/b11-8+. The van der Waals surface area contributed by atoms with Crippen molar-refractivity contribution < 1.29 is 0 Å². The van der Waals surface area contributed by atoms with Gasteiger partial charge in [0.05, 0.1) is 0 Å². The van der Waals surface area contributed by atoms with E-state index in [9.17, 15) is 0 Å². The summed E-state index contributed by atoms with van der Waals surface area (Å²) in [7, 11) is 2.72. The van der Waals surface area contributed by atoms with Gasteiger partial charge in [-0.2, -0.15) is 0 Å². The second-order valence-electron chi connectivity index (χ2n) is 2.09. The van der Waals surface area contributed by atoms with Gasteiger partial charge in [0.2, 0.25) is 0 Å². The number of allylic oxidation sites excluding steroid dienone is 1. The van der Waals surface area contributed by atoms with E-state index in [1.54, 1.807) is 19.1 Å². The van der Waals surface area contributed by atoms with Gasteiger partial charge < -0.3 is 0 Å². The Labute approximate surface area is 70.1 Å². The molecule has 3 heteroatoms. The normalized spacial score (nSPS) is 11.8. The Hall–Kier alpha value is -0.850. The molecule has 0 radical (unpaired) electrons. The van der Waals surface area contributed by atoms with Crippen molar-refractivity contribution in [1.82, 2.24) is 0 Å². The minimum atomic E-state index is 0.933. The first-order chi connectivity index (χ1) is 5.29. The van der Waals surface area contributed by atoms with E-state index in [1.807, 2.05) is 6.92 Å². The maximum atomic E-state index is 4.13. The number of nitrogens with zero attached hydrogens (tertiary/aromatic N) is 1. The van der Waals surface area contributed by atoms with E-state index in [-0.39, 0.29) is 0 Å². The molecule has 56 valence electrons. The Bertz CT molecular complexity index is 204. The minimum absolute atomic E-state index is 0.933. The maximum absolute atomic E-state index is 4.13. The SMILES string of the molecule is C=C/B=C(C=C)\C(BC)=N/C. The monoisotopic (exact) mass is 145 g/mol. The fourth-order valence-electron chi connectivity index (χ4n) is 0.900. The molecule has 0 N–H and O–H groups in total. The van der Waals surface area contributed by atoms with Crippen LogP contribution in [-0.4, -0.2) is 32.3 Å². The van der Waals surface area contributed by atoms with E-state index in [1.165, 1.54) is 0 Å². The topological polar surface area (TPSA) is 12.4 Å². The van der Waals surface area contributed by atoms with E-state index < -0.39 is 0 Å². The number of hydrogen-bond acceptors (Lipinski definition) is 1. The molecule has 0 aromatic rings. The first-order valence-electron chi connectivity index (χ1n) is 3.71. The summed E-state index contributed by atoms with van der Waals surface area (Å²) in [5.41, 5.74) is 2.13. The summed E-state index contributed by atoms with van der Waals surface area (Å²) in [6, 6.07) is 0. The Morgan fingerprint density at radius 1 is 1.55 bits per heavy atom. The van der Waals surface area contributed by atoms with E-state index in [2.05, 4.69) is 25.0 Å². The second kappa shape index (κ2) is 5.90. The zero-order valence-corrected chi connectivity index (χ0v) is 7.30. The summed E-state index contributed by atoms with van der Waals surface area (Å²) in [6.45, 7) is 11.3. The predicted octanol–water partition coefficient (Wildman–Crippen LogP) is 0.705. The van der Waals surface area contributed by atoms with E-state index in [0.717, 1.165) is 18.4 Å². The zero-order chi connectivity index (χ0) is 8.69. The van der Waals surface area contributed by atoms with Crippen LogP contribution in [0.5, 0.6) is 0 Å². The molecular weight excluding hydrogens is 132 g/mol. The van der Waals surface area contributed by atoms with Crippen LogP contribution in [0.3, 0.4) is 0 Å². The molecule has 0 amide bonds. The number of aliphatic imine (C=N–C) groups is 1. The summed E-state index contributed by atoms with van der Waals surface area (Å²) in [5, 5.41) is 0. The summed E-state index contributed by atoms with van der Waals surface area (Å²) >= 11 is 0. The van der Waals surface area contributed by atoms with Gasteiger partial charge in [0.15, 0.2) is 0 Å². The molecule has 0 unspecified atom stereocenters. The van der Waals surface area contributed by atoms with Gasteiger partial charge in [-0.25, -0.2) is 0 Å². The van der Waals surface area contributed by atoms with Crippen LogP contribution in [0.2, 0.25) is 6.82 Å². The second-order valence-corrected chi connectivity index (χ2v) is 2.09. The molecule has 0 atom stereocenters. The first-order valence-corrected chi connectivity index (χ1v) is 3.71. The molecular formula is C8H13B2N. The molecule has 0 saturated carbocycles. The zero-order valence-electron chi connectivity index (χ0n) is 7.30. The summed E-state index contributed by atoms with van der Waals surface area (Å²) in [6.07, 6.45) is 1.80. The van der Waals surface area contributed by atoms with Crippen molar-refractivity contribution in [2.45, 2.75) is 6.82 Å². The van der Waals surface area contributed by atoms with Crippen molar-refractivity contribution in [1.29, 1.82) is 0 Å². The van der Waals surface area contributed by atoms with E-state index >= 15 is 0 Å². The fraction of sp³-hybridized carbons (Fsp3) is 0.250. The third-order valence-corrected chi connectivity index (χ3v) is 1.46. The van der Waals surface area contributed by atoms with Gasteiger partial charge in [0.25, 0.3) is 0 Å². The first kappa shape index (κ1) is 10.1. The molecule has 0 spiro atoms. The third kappa shape index (κ3) is 3.17. The Morgan fingerprint density at radius 2 is 2.18 bits per heavy atom. The molecule has 0 aliphatic rings. The van der Waals surface area contributed by atoms with Crippen LogP contribution in [0.15, 0.2) is 30.2 Å². The van der Waals surface area contributed by atoms with Crippen LogP contribution in [0.4, 0.5) is 0 Å². The van der Waals surface area contributed by atoms with Crippen LogP contribution in [0.25, 0.3) is 0 Å². The molecule has 0 heterocycles. The molecule has 1 nitrogen and oxygen atoms in total. The van der Waals surface area contributed by atoms with Gasteiger partial charge in [0, 0.05) is 0 Å². The molecule has 0 rings (SSSR count). The van der Waals surface area contributed by atoms with E-state index in [0.29, 0.717) is 0 Å². The quantitative estimate of drug-likeness (QED) is 0.407. The van der Waals surface area contributed by atoms with Crippen molar-refractivity contribution in [3.8, 4) is 0 Å². The van der Waals surface area contributed by atoms with Gasteiger partial charge in [0.1, 0.15) is 0 Å². The van der Waals surface area contributed by atoms with Crippen molar-refractivity contribution in [2.75, 3.05) is 7.05 Å². The third-order valence-electron chi connectivity index (χ3n) is 1.46. The molecule has 0 aromatic carbocycles. The summed E-state index contributed by atoms with van der Waals surface area (Å²) in [4.78, 5) is 4.13. The average Bonchev–Trinajstić information content (AvgIpc) is 2.05. The summed E-state index contributed by atoms with van der Waals surface area (Å²) < 4.78 is 0. The molecule has 0 fully saturated rings. The Morgan fingerprint density at radius 3 is 2.45 bits per heavy atom. The van der Waals surface area contributed by atoms with Gasteiger partial charge in [-0.05, 0) is 0 Å². The Balaban J connectivity index is 4.61. The fourth-order valence-corrected chi connectivity index (χ4v) is 0.900. The van der Waals surface area contributed by atoms with Crippen LogP contribution >= 0.6 is 0 Å². The van der Waals surface area contributed by atoms with Crippen molar-refractivity contribution in [2.24, 2.45) is 4.99 Å².